The average molecular weight is 157 g/mol. The zero-order valence-corrected chi connectivity index (χ0v) is 7.10. The fourth-order valence-corrected chi connectivity index (χ4v) is 1.30. The van der Waals surface area contributed by atoms with Crippen molar-refractivity contribution >= 4 is 0 Å². The normalized spacial score (nSPS) is 29.7. The minimum atomic E-state index is 0.435. The fourth-order valence-electron chi connectivity index (χ4n) is 1.30. The lowest BCUT2D eigenvalue weighted by molar-refractivity contribution is 0.742. The van der Waals surface area contributed by atoms with Gasteiger partial charge in [0.2, 0.25) is 0 Å². The molecule has 0 spiro atoms. The van der Waals surface area contributed by atoms with E-state index in [0.29, 0.717) is 6.04 Å². The number of rotatable bonds is 0. The predicted octanol–water partition coefficient (Wildman–Crippen LogP) is -0.323. The topological polar surface area (TPSA) is 50.1 Å². The van der Waals surface area contributed by atoms with Gasteiger partial charge in [-0.3, -0.25) is 0 Å². The van der Waals surface area contributed by atoms with E-state index in [2.05, 4.69) is 10.6 Å². The van der Waals surface area contributed by atoms with Crippen LogP contribution in [0.25, 0.3) is 0 Å². The molecule has 0 aromatic heterocycles. The van der Waals surface area contributed by atoms with Gasteiger partial charge in [0.15, 0.2) is 0 Å². The minimum absolute atomic E-state index is 0.435. The van der Waals surface area contributed by atoms with Crippen LogP contribution < -0.4 is 16.4 Å². The highest BCUT2D eigenvalue weighted by atomic mass is 14.9. The van der Waals surface area contributed by atoms with Gasteiger partial charge in [0.1, 0.15) is 0 Å². The molecule has 0 radical (unpaired) electrons. The van der Waals surface area contributed by atoms with Crippen LogP contribution in [-0.4, -0.2) is 32.2 Å². The number of nitrogens with two attached hydrogens (primary N) is 1. The van der Waals surface area contributed by atoms with E-state index >= 15 is 0 Å². The van der Waals surface area contributed by atoms with Crippen LogP contribution >= 0.6 is 0 Å². The molecule has 2 heterocycles. The standard InChI is InChI=1S/C4H10N2.C4H9N/c5-4-1-2-6-3-4;1-2-4-5-3-1/h4,6H,1-3,5H2;5H,1-4H2. The second-order valence-electron chi connectivity index (χ2n) is 3.21. The molecular formula is C8H19N3. The Morgan fingerprint density at radius 2 is 1.73 bits per heavy atom. The first-order valence-corrected chi connectivity index (χ1v) is 4.56. The van der Waals surface area contributed by atoms with Crippen molar-refractivity contribution in [3.8, 4) is 0 Å². The fraction of sp³-hybridized carbons (Fsp3) is 1.00. The molecule has 4 N–H and O–H groups in total. The second-order valence-corrected chi connectivity index (χ2v) is 3.21. The first-order chi connectivity index (χ1) is 5.39. The van der Waals surface area contributed by atoms with Crippen molar-refractivity contribution < 1.29 is 0 Å². The van der Waals surface area contributed by atoms with Gasteiger partial charge in [0.05, 0.1) is 0 Å². The van der Waals surface area contributed by atoms with E-state index in [1.807, 2.05) is 0 Å². The highest BCUT2D eigenvalue weighted by Crippen LogP contribution is 1.90. The van der Waals surface area contributed by atoms with Gasteiger partial charge in [-0.25, -0.2) is 0 Å². The summed E-state index contributed by atoms with van der Waals surface area (Å²) in [6.45, 7) is 4.63. The van der Waals surface area contributed by atoms with Gasteiger partial charge in [0.25, 0.3) is 0 Å². The minimum Gasteiger partial charge on any atom is -0.327 e. The van der Waals surface area contributed by atoms with Crippen LogP contribution in [0.4, 0.5) is 0 Å². The van der Waals surface area contributed by atoms with Crippen LogP contribution in [0, 0.1) is 0 Å². The van der Waals surface area contributed by atoms with Crippen molar-refractivity contribution in [2.45, 2.75) is 25.3 Å². The Morgan fingerprint density at radius 1 is 1.00 bits per heavy atom. The third kappa shape index (κ3) is 4.35. The maximum Gasteiger partial charge on any atom is 0.0177 e. The molecule has 0 bridgehead atoms. The molecule has 3 nitrogen and oxygen atoms in total. The third-order valence-corrected chi connectivity index (χ3v) is 2.06. The molecule has 0 aromatic carbocycles. The van der Waals surface area contributed by atoms with Gasteiger partial charge in [-0.1, -0.05) is 0 Å². The van der Waals surface area contributed by atoms with Gasteiger partial charge in [-0.15, -0.1) is 0 Å². The Labute approximate surface area is 68.7 Å². The van der Waals surface area contributed by atoms with Crippen molar-refractivity contribution in [2.24, 2.45) is 5.73 Å². The molecule has 3 heteroatoms. The van der Waals surface area contributed by atoms with Crippen LogP contribution in [-0.2, 0) is 0 Å². The summed E-state index contributed by atoms with van der Waals surface area (Å²) >= 11 is 0. The summed E-state index contributed by atoms with van der Waals surface area (Å²) < 4.78 is 0. The van der Waals surface area contributed by atoms with E-state index < -0.39 is 0 Å². The van der Waals surface area contributed by atoms with E-state index in [9.17, 15) is 0 Å². The molecule has 0 aromatic rings. The maximum absolute atomic E-state index is 5.47. The molecule has 0 aliphatic carbocycles. The molecule has 0 saturated carbocycles. The average Bonchev–Trinajstić information content (AvgIpc) is 2.57. The van der Waals surface area contributed by atoms with Gasteiger partial charge in [-0.05, 0) is 38.9 Å². The molecule has 1 atom stereocenters. The number of nitrogens with one attached hydrogen (secondary N) is 2. The highest BCUT2D eigenvalue weighted by molar-refractivity contribution is 4.72. The zero-order chi connectivity index (χ0) is 7.94. The molecule has 2 fully saturated rings. The lowest BCUT2D eigenvalue weighted by atomic mass is 10.3. The Hall–Kier alpha value is -0.120. The summed E-state index contributed by atoms with van der Waals surface area (Å²) in [6, 6.07) is 0.435. The monoisotopic (exact) mass is 157 g/mol. The largest absolute Gasteiger partial charge is 0.327 e. The SMILES string of the molecule is C1CCNC1.NC1CCNC1. The van der Waals surface area contributed by atoms with Crippen LogP contribution in [0.3, 0.4) is 0 Å². The van der Waals surface area contributed by atoms with E-state index in [4.69, 9.17) is 5.73 Å². The summed E-state index contributed by atoms with van der Waals surface area (Å²) in [5.74, 6) is 0. The van der Waals surface area contributed by atoms with Gasteiger partial charge >= 0.3 is 0 Å². The summed E-state index contributed by atoms with van der Waals surface area (Å²) in [5.41, 5.74) is 5.47. The Bertz CT molecular complexity index is 77.7. The molecule has 2 aliphatic rings. The van der Waals surface area contributed by atoms with E-state index in [1.165, 1.54) is 25.9 Å². The van der Waals surface area contributed by atoms with E-state index in [1.54, 1.807) is 0 Å². The second kappa shape index (κ2) is 5.52. The van der Waals surface area contributed by atoms with Crippen molar-refractivity contribution in [1.82, 2.24) is 10.6 Å². The number of hydrogen-bond acceptors (Lipinski definition) is 3. The molecule has 1 unspecified atom stereocenters. The molecule has 66 valence electrons. The van der Waals surface area contributed by atoms with Gasteiger partial charge < -0.3 is 16.4 Å². The quantitative estimate of drug-likeness (QED) is 0.451. The summed E-state index contributed by atoms with van der Waals surface area (Å²) in [4.78, 5) is 0. The van der Waals surface area contributed by atoms with Crippen LogP contribution in [0.5, 0.6) is 0 Å². The first-order valence-electron chi connectivity index (χ1n) is 4.56. The van der Waals surface area contributed by atoms with E-state index in [0.717, 1.165) is 19.5 Å². The van der Waals surface area contributed by atoms with Gasteiger partial charge in [0, 0.05) is 12.6 Å². The lowest BCUT2D eigenvalue weighted by Crippen LogP contribution is -2.21. The molecule has 0 amide bonds. The zero-order valence-electron chi connectivity index (χ0n) is 7.10. The predicted molar refractivity (Wildman–Crippen MR) is 47.6 cm³/mol. The number of hydrogen-bond donors (Lipinski definition) is 3. The Morgan fingerprint density at radius 3 is 1.91 bits per heavy atom. The highest BCUT2D eigenvalue weighted by Gasteiger charge is 2.06. The maximum atomic E-state index is 5.47. The van der Waals surface area contributed by atoms with Crippen LogP contribution in [0.2, 0.25) is 0 Å². The molecule has 2 rings (SSSR count). The van der Waals surface area contributed by atoms with Crippen molar-refractivity contribution in [3.63, 3.8) is 0 Å². The molecule has 2 aliphatic heterocycles. The van der Waals surface area contributed by atoms with Crippen molar-refractivity contribution in [2.75, 3.05) is 26.2 Å². The smallest absolute Gasteiger partial charge is 0.0177 e. The van der Waals surface area contributed by atoms with Crippen molar-refractivity contribution in [3.05, 3.63) is 0 Å². The van der Waals surface area contributed by atoms with E-state index in [-0.39, 0.29) is 0 Å². The molecular weight excluding hydrogens is 138 g/mol. The Balaban J connectivity index is 0.000000112. The van der Waals surface area contributed by atoms with Crippen molar-refractivity contribution in [1.29, 1.82) is 0 Å². The Kier molecular flexibility index (Phi) is 4.50. The molecule has 11 heavy (non-hydrogen) atoms. The van der Waals surface area contributed by atoms with Crippen LogP contribution in [0.1, 0.15) is 19.3 Å². The summed E-state index contributed by atoms with van der Waals surface area (Å²) in [5, 5.41) is 6.37. The summed E-state index contributed by atoms with van der Waals surface area (Å²) in [7, 11) is 0. The molecule has 2 saturated heterocycles. The van der Waals surface area contributed by atoms with Crippen LogP contribution in [0.15, 0.2) is 0 Å². The third-order valence-electron chi connectivity index (χ3n) is 2.06. The lowest BCUT2D eigenvalue weighted by Gasteiger charge is -1.91. The first kappa shape index (κ1) is 8.97. The van der Waals surface area contributed by atoms with Gasteiger partial charge in [-0.2, -0.15) is 0 Å². The summed E-state index contributed by atoms with van der Waals surface area (Å²) in [6.07, 6.45) is 3.93.